The fraction of sp³-hybridized carbons (Fsp3) is 0.308. The largest absolute Gasteiger partial charge is 0.416 e. The molecule has 106 valence electrons. The molecule has 0 radical (unpaired) electrons. The first-order chi connectivity index (χ1) is 9.56. The van der Waals surface area contributed by atoms with Crippen LogP contribution >= 0.6 is 34.4 Å². The number of nitrogens with one attached hydrogen (secondary N) is 1. The van der Waals surface area contributed by atoms with E-state index in [1.54, 1.807) is 0 Å². The van der Waals surface area contributed by atoms with Crippen LogP contribution in [0.2, 0.25) is 0 Å². The first kappa shape index (κ1) is 15.3. The number of carbonyl (C=O) groups is 1. The van der Waals surface area contributed by atoms with E-state index in [2.05, 4.69) is 38.1 Å². The number of hydrogen-bond acceptors (Lipinski definition) is 5. The van der Waals surface area contributed by atoms with Crippen molar-refractivity contribution >= 4 is 45.9 Å². The molecule has 0 fully saturated rings. The molecular formula is C13H14IN3O2S. The molecule has 1 N–H and O–H groups in total. The van der Waals surface area contributed by atoms with Gasteiger partial charge in [0.1, 0.15) is 0 Å². The van der Waals surface area contributed by atoms with Crippen molar-refractivity contribution in [3.05, 3.63) is 33.7 Å². The fourth-order valence-corrected chi connectivity index (χ4v) is 2.48. The molecule has 0 spiro atoms. The van der Waals surface area contributed by atoms with Crippen LogP contribution in [0, 0.1) is 3.57 Å². The molecular weight excluding hydrogens is 389 g/mol. The van der Waals surface area contributed by atoms with E-state index in [0.717, 1.165) is 9.26 Å². The monoisotopic (exact) mass is 403 g/mol. The van der Waals surface area contributed by atoms with Crippen molar-refractivity contribution < 1.29 is 9.21 Å². The summed E-state index contributed by atoms with van der Waals surface area (Å²) in [5, 5.41) is 11.1. The summed E-state index contributed by atoms with van der Waals surface area (Å²) in [6.45, 7) is 3.96. The van der Waals surface area contributed by atoms with E-state index >= 15 is 0 Å². The van der Waals surface area contributed by atoms with E-state index in [1.165, 1.54) is 11.8 Å². The zero-order chi connectivity index (χ0) is 14.5. The van der Waals surface area contributed by atoms with Gasteiger partial charge < -0.3 is 9.73 Å². The van der Waals surface area contributed by atoms with Gasteiger partial charge in [-0.25, -0.2) is 0 Å². The van der Waals surface area contributed by atoms with Gasteiger partial charge in [0.05, 0.1) is 11.4 Å². The number of anilines is 1. The van der Waals surface area contributed by atoms with Crippen LogP contribution < -0.4 is 5.32 Å². The van der Waals surface area contributed by atoms with E-state index in [4.69, 9.17) is 4.42 Å². The molecule has 0 atom stereocenters. The normalized spacial score (nSPS) is 10.8. The van der Waals surface area contributed by atoms with E-state index in [9.17, 15) is 4.79 Å². The van der Waals surface area contributed by atoms with Gasteiger partial charge in [0.25, 0.3) is 5.22 Å². The predicted octanol–water partition coefficient (Wildman–Crippen LogP) is 3.53. The van der Waals surface area contributed by atoms with Gasteiger partial charge in [-0.15, -0.1) is 10.2 Å². The molecule has 5 nitrogen and oxygen atoms in total. The van der Waals surface area contributed by atoms with Gasteiger partial charge in [-0.3, -0.25) is 4.79 Å². The highest BCUT2D eigenvalue weighted by Crippen LogP contribution is 2.21. The number of hydrogen-bond donors (Lipinski definition) is 1. The zero-order valence-corrected chi connectivity index (χ0v) is 14.1. The van der Waals surface area contributed by atoms with Gasteiger partial charge in [-0.05, 0) is 34.7 Å². The van der Waals surface area contributed by atoms with Gasteiger partial charge in [0.2, 0.25) is 11.8 Å². The molecule has 0 saturated carbocycles. The second-order valence-corrected chi connectivity index (χ2v) is 6.47. The number of benzene rings is 1. The van der Waals surface area contributed by atoms with Crippen LogP contribution in [0.5, 0.6) is 0 Å². The highest BCUT2D eigenvalue weighted by atomic mass is 127. The van der Waals surface area contributed by atoms with E-state index in [0.29, 0.717) is 11.1 Å². The van der Waals surface area contributed by atoms with Crippen molar-refractivity contribution in [2.24, 2.45) is 0 Å². The van der Waals surface area contributed by atoms with E-state index < -0.39 is 0 Å². The van der Waals surface area contributed by atoms with Crippen LogP contribution in [-0.4, -0.2) is 21.9 Å². The second kappa shape index (κ2) is 7.07. The topological polar surface area (TPSA) is 68.0 Å². The number of rotatable bonds is 5. The summed E-state index contributed by atoms with van der Waals surface area (Å²) in [7, 11) is 0. The molecule has 0 unspecified atom stereocenters. The first-order valence-electron chi connectivity index (χ1n) is 6.07. The minimum atomic E-state index is -0.0941. The lowest BCUT2D eigenvalue weighted by Crippen LogP contribution is -2.14. The summed E-state index contributed by atoms with van der Waals surface area (Å²) < 4.78 is 6.43. The molecule has 1 heterocycles. The average molecular weight is 403 g/mol. The third-order valence-electron chi connectivity index (χ3n) is 2.39. The lowest BCUT2D eigenvalue weighted by atomic mass is 10.2. The van der Waals surface area contributed by atoms with Crippen LogP contribution in [-0.2, 0) is 4.79 Å². The third kappa shape index (κ3) is 4.20. The number of thioether (sulfide) groups is 1. The minimum Gasteiger partial charge on any atom is -0.416 e. The summed E-state index contributed by atoms with van der Waals surface area (Å²) in [6.07, 6.45) is 0. The Hall–Kier alpha value is -1.09. The van der Waals surface area contributed by atoms with Gasteiger partial charge in [0, 0.05) is 9.49 Å². The highest BCUT2D eigenvalue weighted by Gasteiger charge is 2.12. The molecule has 0 saturated heterocycles. The number of para-hydroxylation sites is 1. The molecule has 0 aliphatic heterocycles. The zero-order valence-electron chi connectivity index (χ0n) is 11.1. The number of amides is 1. The van der Waals surface area contributed by atoms with Crippen molar-refractivity contribution in [3.63, 3.8) is 0 Å². The molecule has 7 heteroatoms. The van der Waals surface area contributed by atoms with Crippen LogP contribution in [0.25, 0.3) is 0 Å². The Morgan fingerprint density at radius 3 is 2.80 bits per heavy atom. The summed E-state index contributed by atoms with van der Waals surface area (Å²) in [5.74, 6) is 0.926. The SMILES string of the molecule is CC(C)c1nnc(SCC(=O)Nc2ccccc2I)o1. The maximum atomic E-state index is 11.9. The Kier molecular flexibility index (Phi) is 5.41. The maximum absolute atomic E-state index is 11.9. The van der Waals surface area contributed by atoms with Gasteiger partial charge in [-0.1, -0.05) is 37.7 Å². The van der Waals surface area contributed by atoms with E-state index in [-0.39, 0.29) is 17.6 Å². The van der Waals surface area contributed by atoms with Crippen molar-refractivity contribution in [2.45, 2.75) is 25.0 Å². The molecule has 1 amide bonds. The van der Waals surface area contributed by atoms with Gasteiger partial charge in [0.15, 0.2) is 0 Å². The molecule has 0 aliphatic rings. The molecule has 2 rings (SSSR count). The standard InChI is InChI=1S/C13H14IN3O2S/c1-8(2)12-16-17-13(19-12)20-7-11(18)15-10-6-4-3-5-9(10)14/h3-6,8H,7H2,1-2H3,(H,15,18). The number of halogens is 1. The van der Waals surface area contributed by atoms with Gasteiger partial charge >= 0.3 is 0 Å². The second-order valence-electron chi connectivity index (χ2n) is 4.38. The summed E-state index contributed by atoms with van der Waals surface area (Å²) in [5.41, 5.74) is 0.812. The number of carbonyl (C=O) groups excluding carboxylic acids is 1. The molecule has 0 bridgehead atoms. The summed E-state index contributed by atoms with van der Waals surface area (Å²) in [6, 6.07) is 7.63. The van der Waals surface area contributed by atoms with Crippen LogP contribution in [0.1, 0.15) is 25.7 Å². The van der Waals surface area contributed by atoms with Crippen molar-refractivity contribution in [1.29, 1.82) is 0 Å². The van der Waals surface area contributed by atoms with Crippen molar-refractivity contribution in [2.75, 3.05) is 11.1 Å². The minimum absolute atomic E-state index is 0.0941. The Labute approximate surface area is 135 Å². The Bertz CT molecular complexity index is 601. The maximum Gasteiger partial charge on any atom is 0.277 e. The molecule has 2 aromatic rings. The number of aromatic nitrogens is 2. The summed E-state index contributed by atoms with van der Waals surface area (Å²) in [4.78, 5) is 11.9. The molecule has 1 aromatic heterocycles. The fourth-order valence-electron chi connectivity index (χ4n) is 1.39. The first-order valence-corrected chi connectivity index (χ1v) is 8.13. The van der Waals surface area contributed by atoms with Crippen LogP contribution in [0.15, 0.2) is 33.9 Å². The lowest BCUT2D eigenvalue weighted by molar-refractivity contribution is -0.113. The third-order valence-corrected chi connectivity index (χ3v) is 4.15. The van der Waals surface area contributed by atoms with Crippen LogP contribution in [0.4, 0.5) is 5.69 Å². The lowest BCUT2D eigenvalue weighted by Gasteiger charge is -2.05. The molecule has 20 heavy (non-hydrogen) atoms. The van der Waals surface area contributed by atoms with Crippen LogP contribution in [0.3, 0.4) is 0 Å². The smallest absolute Gasteiger partial charge is 0.277 e. The molecule has 0 aliphatic carbocycles. The molecule has 1 aromatic carbocycles. The Morgan fingerprint density at radius 1 is 1.40 bits per heavy atom. The van der Waals surface area contributed by atoms with Crippen molar-refractivity contribution in [3.8, 4) is 0 Å². The van der Waals surface area contributed by atoms with E-state index in [1.807, 2.05) is 38.1 Å². The Balaban J connectivity index is 1.87. The predicted molar refractivity (Wildman–Crippen MR) is 86.9 cm³/mol. The highest BCUT2D eigenvalue weighted by molar-refractivity contribution is 14.1. The Morgan fingerprint density at radius 2 is 2.15 bits per heavy atom. The van der Waals surface area contributed by atoms with Gasteiger partial charge in [-0.2, -0.15) is 0 Å². The average Bonchev–Trinajstić information content (AvgIpc) is 2.88. The summed E-state index contributed by atoms with van der Waals surface area (Å²) >= 11 is 3.42. The quantitative estimate of drug-likeness (QED) is 0.611. The van der Waals surface area contributed by atoms with Crippen molar-refractivity contribution in [1.82, 2.24) is 10.2 Å². The number of nitrogens with zero attached hydrogens (tertiary/aromatic N) is 2.